The Balaban J connectivity index is 2.44. The molecule has 22 heavy (non-hydrogen) atoms. The van der Waals surface area contributed by atoms with Gasteiger partial charge in [-0.25, -0.2) is 0 Å². The molecule has 2 aromatic rings. The lowest BCUT2D eigenvalue weighted by atomic mass is 10.0. The smallest absolute Gasteiger partial charge is 0.258 e. The van der Waals surface area contributed by atoms with Gasteiger partial charge in [-0.3, -0.25) is 4.79 Å². The van der Waals surface area contributed by atoms with Crippen LogP contribution in [0.3, 0.4) is 0 Å². The Bertz CT molecular complexity index is 709. The maximum Gasteiger partial charge on any atom is 0.258 e. The van der Waals surface area contributed by atoms with E-state index >= 15 is 0 Å². The number of para-hydroxylation sites is 1. The second kappa shape index (κ2) is 6.67. The van der Waals surface area contributed by atoms with Crippen LogP contribution in [-0.4, -0.2) is 23.2 Å². The van der Waals surface area contributed by atoms with Gasteiger partial charge in [-0.05, 0) is 37.3 Å². The number of rotatable bonds is 4. The third-order valence-electron chi connectivity index (χ3n) is 3.26. The number of hydrogen-bond acceptors (Lipinski definition) is 4. The second-order valence-electron chi connectivity index (χ2n) is 4.77. The van der Waals surface area contributed by atoms with E-state index in [2.05, 4.69) is 10.6 Å². The maximum atomic E-state index is 12.6. The SMILES string of the molecule is CN/C(C)=C(\C(=O)Nc1ccccc1)c1cc(O)ccc1O. The zero-order valence-corrected chi connectivity index (χ0v) is 12.4. The highest BCUT2D eigenvalue weighted by atomic mass is 16.3. The van der Waals surface area contributed by atoms with Crippen molar-refractivity contribution in [1.29, 1.82) is 0 Å². The summed E-state index contributed by atoms with van der Waals surface area (Å²) in [7, 11) is 1.69. The lowest BCUT2D eigenvalue weighted by Crippen LogP contribution is -2.18. The molecule has 114 valence electrons. The Kier molecular flexibility index (Phi) is 4.68. The average molecular weight is 298 g/mol. The van der Waals surface area contributed by atoms with Gasteiger partial charge in [0.05, 0.1) is 5.57 Å². The van der Waals surface area contributed by atoms with E-state index in [9.17, 15) is 15.0 Å². The maximum absolute atomic E-state index is 12.6. The molecule has 5 heteroatoms. The fourth-order valence-electron chi connectivity index (χ4n) is 2.06. The Morgan fingerprint density at radius 1 is 1.05 bits per heavy atom. The van der Waals surface area contributed by atoms with Crippen molar-refractivity contribution in [2.45, 2.75) is 6.92 Å². The molecule has 0 aliphatic carbocycles. The quantitative estimate of drug-likeness (QED) is 0.517. The highest BCUT2D eigenvalue weighted by Gasteiger charge is 2.19. The first kappa shape index (κ1) is 15.4. The van der Waals surface area contributed by atoms with Gasteiger partial charge in [0.1, 0.15) is 11.5 Å². The predicted octanol–water partition coefficient (Wildman–Crippen LogP) is 2.69. The Morgan fingerprint density at radius 2 is 1.73 bits per heavy atom. The number of aromatic hydroxyl groups is 2. The van der Waals surface area contributed by atoms with Crippen molar-refractivity contribution in [2.24, 2.45) is 0 Å². The van der Waals surface area contributed by atoms with E-state index in [1.807, 2.05) is 18.2 Å². The summed E-state index contributed by atoms with van der Waals surface area (Å²) in [6.07, 6.45) is 0. The molecule has 0 saturated carbocycles. The van der Waals surface area contributed by atoms with Gasteiger partial charge in [0.15, 0.2) is 0 Å². The molecule has 1 amide bonds. The number of phenols is 2. The first-order valence-corrected chi connectivity index (χ1v) is 6.80. The Labute approximate surface area is 128 Å². The standard InChI is InChI=1S/C17H18N2O3/c1-11(18-2)16(14-10-13(20)8-9-15(14)21)17(22)19-12-6-4-3-5-7-12/h3-10,18,20-21H,1-2H3,(H,19,22)/b16-11-. The molecule has 0 heterocycles. The molecule has 0 bridgehead atoms. The molecule has 0 saturated heterocycles. The lowest BCUT2D eigenvalue weighted by Gasteiger charge is -2.14. The van der Waals surface area contributed by atoms with Crippen LogP contribution < -0.4 is 10.6 Å². The van der Waals surface area contributed by atoms with E-state index in [4.69, 9.17) is 0 Å². The van der Waals surface area contributed by atoms with E-state index in [1.165, 1.54) is 18.2 Å². The van der Waals surface area contributed by atoms with Crippen molar-refractivity contribution in [2.75, 3.05) is 12.4 Å². The van der Waals surface area contributed by atoms with Crippen LogP contribution in [0.5, 0.6) is 11.5 Å². The summed E-state index contributed by atoms with van der Waals surface area (Å²) in [6, 6.07) is 13.1. The summed E-state index contributed by atoms with van der Waals surface area (Å²) in [6.45, 7) is 1.73. The molecule has 0 aliphatic heterocycles. The molecule has 4 N–H and O–H groups in total. The summed E-state index contributed by atoms with van der Waals surface area (Å²) in [5, 5.41) is 25.3. The first-order valence-electron chi connectivity index (χ1n) is 6.80. The number of phenolic OH excluding ortho intramolecular Hbond substituents is 2. The van der Waals surface area contributed by atoms with E-state index in [0.29, 0.717) is 11.4 Å². The number of anilines is 1. The van der Waals surface area contributed by atoms with Gasteiger partial charge < -0.3 is 20.8 Å². The van der Waals surface area contributed by atoms with Crippen molar-refractivity contribution in [1.82, 2.24) is 5.32 Å². The highest BCUT2D eigenvalue weighted by Crippen LogP contribution is 2.31. The molecule has 0 aliphatic rings. The van der Waals surface area contributed by atoms with E-state index < -0.39 is 0 Å². The number of carbonyl (C=O) groups excluding carboxylic acids is 1. The normalized spacial score (nSPS) is 11.5. The first-order chi connectivity index (χ1) is 10.5. The lowest BCUT2D eigenvalue weighted by molar-refractivity contribution is -0.111. The monoisotopic (exact) mass is 298 g/mol. The summed E-state index contributed by atoms with van der Waals surface area (Å²) in [4.78, 5) is 12.6. The minimum atomic E-state index is -0.376. The number of amides is 1. The third-order valence-corrected chi connectivity index (χ3v) is 3.26. The van der Waals surface area contributed by atoms with Crippen molar-refractivity contribution in [3.8, 4) is 11.5 Å². The Morgan fingerprint density at radius 3 is 2.36 bits per heavy atom. The second-order valence-corrected chi connectivity index (χ2v) is 4.77. The van der Waals surface area contributed by atoms with Crippen LogP contribution in [-0.2, 0) is 4.79 Å². The number of benzene rings is 2. The van der Waals surface area contributed by atoms with Crippen LogP contribution in [0.1, 0.15) is 12.5 Å². The topological polar surface area (TPSA) is 81.6 Å². The predicted molar refractivity (Wildman–Crippen MR) is 86.5 cm³/mol. The fourth-order valence-corrected chi connectivity index (χ4v) is 2.06. The number of allylic oxidation sites excluding steroid dienone is 1. The van der Waals surface area contributed by atoms with E-state index in [0.717, 1.165) is 0 Å². The van der Waals surface area contributed by atoms with E-state index in [-0.39, 0.29) is 28.5 Å². The van der Waals surface area contributed by atoms with E-state index in [1.54, 1.807) is 26.1 Å². The zero-order chi connectivity index (χ0) is 16.1. The number of hydrogen-bond donors (Lipinski definition) is 4. The molecule has 2 aromatic carbocycles. The fraction of sp³-hybridized carbons (Fsp3) is 0.118. The largest absolute Gasteiger partial charge is 0.508 e. The van der Waals surface area contributed by atoms with Crippen LogP contribution in [0.15, 0.2) is 54.2 Å². The highest BCUT2D eigenvalue weighted by molar-refractivity contribution is 6.26. The van der Waals surface area contributed by atoms with Crippen LogP contribution in [0.25, 0.3) is 5.57 Å². The molecule has 0 fully saturated rings. The molecular weight excluding hydrogens is 280 g/mol. The summed E-state index contributed by atoms with van der Waals surface area (Å²) >= 11 is 0. The molecule has 0 atom stereocenters. The summed E-state index contributed by atoms with van der Waals surface area (Å²) < 4.78 is 0. The minimum absolute atomic E-state index is 0.0262. The van der Waals surface area contributed by atoms with Crippen molar-refractivity contribution in [3.05, 3.63) is 59.8 Å². The molecule has 2 rings (SSSR count). The van der Waals surface area contributed by atoms with Gasteiger partial charge >= 0.3 is 0 Å². The minimum Gasteiger partial charge on any atom is -0.508 e. The third kappa shape index (κ3) is 3.38. The molecule has 0 aromatic heterocycles. The number of nitrogens with one attached hydrogen (secondary N) is 2. The molecule has 0 spiro atoms. The number of carbonyl (C=O) groups is 1. The van der Waals surface area contributed by atoms with Crippen LogP contribution >= 0.6 is 0 Å². The van der Waals surface area contributed by atoms with Crippen LogP contribution in [0.2, 0.25) is 0 Å². The van der Waals surface area contributed by atoms with Gasteiger partial charge in [-0.15, -0.1) is 0 Å². The van der Waals surface area contributed by atoms with Crippen LogP contribution in [0.4, 0.5) is 5.69 Å². The zero-order valence-electron chi connectivity index (χ0n) is 12.4. The van der Waals surface area contributed by atoms with Crippen molar-refractivity contribution >= 4 is 17.2 Å². The van der Waals surface area contributed by atoms with Gasteiger partial charge in [0.2, 0.25) is 0 Å². The molecule has 0 radical (unpaired) electrons. The van der Waals surface area contributed by atoms with Crippen LogP contribution in [0, 0.1) is 0 Å². The average Bonchev–Trinajstić information content (AvgIpc) is 2.51. The molecule has 0 unspecified atom stereocenters. The van der Waals surface area contributed by atoms with Gasteiger partial charge in [-0.2, -0.15) is 0 Å². The van der Waals surface area contributed by atoms with Gasteiger partial charge in [-0.1, -0.05) is 18.2 Å². The molecular formula is C17H18N2O3. The van der Waals surface area contributed by atoms with Gasteiger partial charge in [0, 0.05) is 24.0 Å². The Hall–Kier alpha value is -2.95. The molecule has 5 nitrogen and oxygen atoms in total. The van der Waals surface area contributed by atoms with Gasteiger partial charge in [0.25, 0.3) is 5.91 Å². The van der Waals surface area contributed by atoms with Crippen molar-refractivity contribution in [3.63, 3.8) is 0 Å². The van der Waals surface area contributed by atoms with Crippen molar-refractivity contribution < 1.29 is 15.0 Å². The summed E-state index contributed by atoms with van der Waals surface area (Å²) in [5.74, 6) is -0.480. The summed E-state index contributed by atoms with van der Waals surface area (Å²) in [5.41, 5.74) is 1.75.